The van der Waals surface area contributed by atoms with E-state index >= 15 is 0 Å². The SMILES string of the molecule is Cc1cc2ncc3c(n2n1)CCN(C(=O)c1ccc2n[nH]nc2c1)C3. The summed E-state index contributed by atoms with van der Waals surface area (Å²) >= 11 is 0. The number of nitrogens with zero attached hydrogens (tertiary/aromatic N) is 6. The minimum Gasteiger partial charge on any atom is -0.334 e. The largest absolute Gasteiger partial charge is 0.334 e. The highest BCUT2D eigenvalue weighted by molar-refractivity contribution is 5.97. The minimum atomic E-state index is -0.00714. The van der Waals surface area contributed by atoms with Crippen LogP contribution in [0.4, 0.5) is 0 Å². The molecular weight excluding hydrogens is 318 g/mol. The van der Waals surface area contributed by atoms with Gasteiger partial charge in [0.15, 0.2) is 5.65 Å². The number of benzene rings is 1. The minimum absolute atomic E-state index is 0.00714. The zero-order chi connectivity index (χ0) is 17.0. The number of carbonyl (C=O) groups is 1. The summed E-state index contributed by atoms with van der Waals surface area (Å²) in [6.07, 6.45) is 2.61. The molecule has 0 fully saturated rings. The molecule has 0 atom stereocenters. The number of aromatic nitrogens is 6. The predicted molar refractivity (Wildman–Crippen MR) is 90.1 cm³/mol. The van der Waals surface area contributed by atoms with Crippen molar-refractivity contribution in [3.8, 4) is 0 Å². The van der Waals surface area contributed by atoms with Gasteiger partial charge in [-0.2, -0.15) is 20.5 Å². The van der Waals surface area contributed by atoms with Crippen LogP contribution < -0.4 is 0 Å². The van der Waals surface area contributed by atoms with Crippen LogP contribution in [0.1, 0.15) is 27.3 Å². The summed E-state index contributed by atoms with van der Waals surface area (Å²) in [4.78, 5) is 19.2. The average Bonchev–Trinajstić information content (AvgIpc) is 3.25. The van der Waals surface area contributed by atoms with E-state index in [4.69, 9.17) is 0 Å². The molecule has 25 heavy (non-hydrogen) atoms. The number of fused-ring (bicyclic) bond motifs is 4. The maximum absolute atomic E-state index is 12.9. The smallest absolute Gasteiger partial charge is 0.254 e. The van der Waals surface area contributed by atoms with E-state index in [9.17, 15) is 4.79 Å². The van der Waals surface area contributed by atoms with E-state index in [0.717, 1.165) is 34.5 Å². The fourth-order valence-corrected chi connectivity index (χ4v) is 3.38. The molecule has 5 rings (SSSR count). The highest BCUT2D eigenvalue weighted by Gasteiger charge is 2.24. The van der Waals surface area contributed by atoms with Crippen LogP contribution in [0.15, 0.2) is 30.5 Å². The number of aromatic amines is 1. The van der Waals surface area contributed by atoms with Gasteiger partial charge in [-0.05, 0) is 25.1 Å². The number of H-pyrrole nitrogens is 1. The lowest BCUT2D eigenvalue weighted by molar-refractivity contribution is 0.0732. The quantitative estimate of drug-likeness (QED) is 0.570. The van der Waals surface area contributed by atoms with Crippen LogP contribution in [0, 0.1) is 6.92 Å². The molecule has 0 saturated heterocycles. The van der Waals surface area contributed by atoms with E-state index in [1.165, 1.54) is 0 Å². The molecule has 1 aliphatic heterocycles. The van der Waals surface area contributed by atoms with Crippen LogP contribution in [-0.4, -0.2) is 47.4 Å². The highest BCUT2D eigenvalue weighted by atomic mass is 16.2. The van der Waals surface area contributed by atoms with Gasteiger partial charge < -0.3 is 4.90 Å². The van der Waals surface area contributed by atoms with Crippen LogP contribution in [0.25, 0.3) is 16.7 Å². The van der Waals surface area contributed by atoms with Crippen molar-refractivity contribution in [2.24, 2.45) is 0 Å². The summed E-state index contributed by atoms with van der Waals surface area (Å²) in [6, 6.07) is 7.34. The molecule has 124 valence electrons. The summed E-state index contributed by atoms with van der Waals surface area (Å²) < 4.78 is 1.90. The maximum atomic E-state index is 12.9. The van der Waals surface area contributed by atoms with E-state index in [1.807, 2.05) is 34.7 Å². The van der Waals surface area contributed by atoms with Gasteiger partial charge in [0.1, 0.15) is 11.0 Å². The molecule has 1 N–H and O–H groups in total. The van der Waals surface area contributed by atoms with Crippen molar-refractivity contribution < 1.29 is 4.79 Å². The second-order valence-electron chi connectivity index (χ2n) is 6.29. The van der Waals surface area contributed by atoms with Gasteiger partial charge in [-0.3, -0.25) is 4.79 Å². The molecule has 8 heteroatoms. The van der Waals surface area contributed by atoms with E-state index < -0.39 is 0 Å². The average molecular weight is 333 g/mol. The van der Waals surface area contributed by atoms with Gasteiger partial charge in [-0.15, -0.1) is 0 Å². The molecular formula is C17H15N7O. The fraction of sp³-hybridized carbons (Fsp3) is 0.235. The lowest BCUT2D eigenvalue weighted by atomic mass is 10.1. The summed E-state index contributed by atoms with van der Waals surface area (Å²) in [6.45, 7) is 3.15. The lowest BCUT2D eigenvalue weighted by Gasteiger charge is -2.28. The first kappa shape index (κ1) is 14.1. The molecule has 4 heterocycles. The molecule has 8 nitrogen and oxygen atoms in total. The van der Waals surface area contributed by atoms with Gasteiger partial charge >= 0.3 is 0 Å². The van der Waals surface area contributed by atoms with Crippen molar-refractivity contribution in [1.82, 2.24) is 34.9 Å². The molecule has 0 unspecified atom stereocenters. The first-order valence-corrected chi connectivity index (χ1v) is 8.12. The number of amides is 1. The standard InChI is InChI=1S/C17H15N7O/c1-10-6-16-18-8-12-9-23(5-4-15(12)24(16)21-10)17(25)11-2-3-13-14(7-11)20-22-19-13/h2-3,6-8H,4-5,9H2,1H3,(H,19,20,22). The molecule has 0 spiro atoms. The van der Waals surface area contributed by atoms with Gasteiger partial charge in [0.25, 0.3) is 5.91 Å². The molecule has 0 saturated carbocycles. The third kappa shape index (κ3) is 2.18. The maximum Gasteiger partial charge on any atom is 0.254 e. The van der Waals surface area contributed by atoms with Crippen molar-refractivity contribution in [2.75, 3.05) is 6.54 Å². The Hall–Kier alpha value is -3.29. The predicted octanol–water partition coefficient (Wildman–Crippen LogP) is 1.51. The third-order valence-corrected chi connectivity index (χ3v) is 4.62. The first-order chi connectivity index (χ1) is 12.2. The van der Waals surface area contributed by atoms with E-state index in [1.54, 1.807) is 12.1 Å². The van der Waals surface area contributed by atoms with Gasteiger partial charge in [-0.25, -0.2) is 9.50 Å². The molecule has 0 bridgehead atoms. The van der Waals surface area contributed by atoms with Gasteiger partial charge in [0.2, 0.25) is 0 Å². The molecule has 3 aromatic heterocycles. The van der Waals surface area contributed by atoms with Crippen molar-refractivity contribution in [2.45, 2.75) is 19.9 Å². The zero-order valence-corrected chi connectivity index (χ0v) is 13.6. The Morgan fingerprint density at radius 3 is 3.00 bits per heavy atom. The Labute approximate surface area is 142 Å². The zero-order valence-electron chi connectivity index (χ0n) is 13.6. The van der Waals surface area contributed by atoms with Gasteiger partial charge in [0, 0.05) is 42.9 Å². The molecule has 1 amide bonds. The number of hydrogen-bond donors (Lipinski definition) is 1. The monoisotopic (exact) mass is 333 g/mol. The summed E-state index contributed by atoms with van der Waals surface area (Å²) in [5, 5.41) is 15.2. The summed E-state index contributed by atoms with van der Waals surface area (Å²) in [7, 11) is 0. The number of aryl methyl sites for hydroxylation is 1. The Kier molecular flexibility index (Phi) is 2.87. The van der Waals surface area contributed by atoms with Crippen LogP contribution in [0.3, 0.4) is 0 Å². The van der Waals surface area contributed by atoms with Crippen LogP contribution in [-0.2, 0) is 13.0 Å². The third-order valence-electron chi connectivity index (χ3n) is 4.62. The normalized spacial score (nSPS) is 14.2. The van der Waals surface area contributed by atoms with Crippen LogP contribution in [0.5, 0.6) is 0 Å². The van der Waals surface area contributed by atoms with Crippen molar-refractivity contribution in [1.29, 1.82) is 0 Å². The summed E-state index contributed by atoms with van der Waals surface area (Å²) in [5.41, 5.74) is 6.04. The number of rotatable bonds is 1. The number of carbonyl (C=O) groups excluding carboxylic acids is 1. The highest BCUT2D eigenvalue weighted by Crippen LogP contribution is 2.22. The van der Waals surface area contributed by atoms with Crippen LogP contribution >= 0.6 is 0 Å². The van der Waals surface area contributed by atoms with Crippen LogP contribution in [0.2, 0.25) is 0 Å². The topological polar surface area (TPSA) is 92.1 Å². The lowest BCUT2D eigenvalue weighted by Crippen LogP contribution is -2.37. The van der Waals surface area contributed by atoms with E-state index in [-0.39, 0.29) is 5.91 Å². The number of hydrogen-bond acceptors (Lipinski definition) is 5. The molecule has 0 radical (unpaired) electrons. The Morgan fingerprint density at radius 1 is 1.20 bits per heavy atom. The van der Waals surface area contributed by atoms with E-state index in [2.05, 4.69) is 25.5 Å². The van der Waals surface area contributed by atoms with Crippen molar-refractivity contribution >= 4 is 22.6 Å². The van der Waals surface area contributed by atoms with Crippen molar-refractivity contribution in [3.05, 3.63) is 53.0 Å². The second-order valence-corrected chi connectivity index (χ2v) is 6.29. The Bertz CT molecular complexity index is 1130. The van der Waals surface area contributed by atoms with Crippen molar-refractivity contribution in [3.63, 3.8) is 0 Å². The number of nitrogens with one attached hydrogen (secondary N) is 1. The Morgan fingerprint density at radius 2 is 2.08 bits per heavy atom. The molecule has 1 aliphatic rings. The Balaban J connectivity index is 1.48. The first-order valence-electron chi connectivity index (χ1n) is 8.12. The fourth-order valence-electron chi connectivity index (χ4n) is 3.38. The molecule has 4 aromatic rings. The second kappa shape index (κ2) is 5.10. The van der Waals surface area contributed by atoms with Gasteiger partial charge in [0.05, 0.1) is 11.4 Å². The van der Waals surface area contributed by atoms with E-state index in [0.29, 0.717) is 24.2 Å². The molecule has 1 aromatic carbocycles. The van der Waals surface area contributed by atoms with Gasteiger partial charge in [-0.1, -0.05) is 0 Å². The molecule has 0 aliphatic carbocycles. The summed E-state index contributed by atoms with van der Waals surface area (Å²) in [5.74, 6) is -0.00714.